The molecule has 0 unspecified atom stereocenters. The lowest BCUT2D eigenvalue weighted by Crippen LogP contribution is -1.98. The quantitative estimate of drug-likeness (QED) is 0.399. The number of hydrogen-bond acceptors (Lipinski definition) is 3. The first-order valence-electron chi connectivity index (χ1n) is 7.27. The Balaban J connectivity index is 1.72. The summed E-state index contributed by atoms with van der Waals surface area (Å²) in [7, 11) is 0. The van der Waals surface area contributed by atoms with Crippen LogP contribution in [0, 0.1) is 11.8 Å². The maximum atomic E-state index is 11.3. The van der Waals surface area contributed by atoms with Gasteiger partial charge < -0.3 is 4.57 Å². The number of carbonyl (C=O) groups excluding carboxylic acids is 1. The highest BCUT2D eigenvalue weighted by atomic mass is 79.9. The van der Waals surface area contributed by atoms with E-state index in [0.717, 1.165) is 46.7 Å². The van der Waals surface area contributed by atoms with Gasteiger partial charge >= 0.3 is 0 Å². The SMILES string of the molecule is O=Cc1c(Br)n(CCCC#Cc2cncnc2)c2ccccc12. The van der Waals surface area contributed by atoms with Crippen molar-refractivity contribution in [3.63, 3.8) is 0 Å². The molecule has 5 heteroatoms. The van der Waals surface area contributed by atoms with Crippen LogP contribution in [-0.4, -0.2) is 20.8 Å². The van der Waals surface area contributed by atoms with Gasteiger partial charge in [0, 0.05) is 36.3 Å². The van der Waals surface area contributed by atoms with Crippen LogP contribution in [0.15, 0.2) is 47.6 Å². The minimum absolute atomic E-state index is 0.702. The molecule has 3 rings (SSSR count). The number of para-hydroxylation sites is 1. The number of carbonyl (C=O) groups is 1. The van der Waals surface area contributed by atoms with Crippen molar-refractivity contribution in [1.82, 2.24) is 14.5 Å². The maximum Gasteiger partial charge on any atom is 0.153 e. The van der Waals surface area contributed by atoms with E-state index in [-0.39, 0.29) is 0 Å². The van der Waals surface area contributed by atoms with Gasteiger partial charge in [0.25, 0.3) is 0 Å². The van der Waals surface area contributed by atoms with Crippen LogP contribution < -0.4 is 0 Å². The summed E-state index contributed by atoms with van der Waals surface area (Å²) in [5.41, 5.74) is 2.59. The molecule has 1 aromatic carbocycles. The highest BCUT2D eigenvalue weighted by molar-refractivity contribution is 9.10. The largest absolute Gasteiger partial charge is 0.335 e. The Morgan fingerprint density at radius 2 is 2.00 bits per heavy atom. The fourth-order valence-electron chi connectivity index (χ4n) is 2.48. The minimum atomic E-state index is 0.702. The van der Waals surface area contributed by atoms with E-state index in [1.807, 2.05) is 24.3 Å². The van der Waals surface area contributed by atoms with Crippen LogP contribution in [0.4, 0.5) is 0 Å². The highest BCUT2D eigenvalue weighted by Gasteiger charge is 2.13. The van der Waals surface area contributed by atoms with Gasteiger partial charge in [-0.25, -0.2) is 9.97 Å². The summed E-state index contributed by atoms with van der Waals surface area (Å²) in [5.74, 6) is 6.18. The van der Waals surface area contributed by atoms with Gasteiger partial charge in [-0.1, -0.05) is 30.0 Å². The zero-order chi connectivity index (χ0) is 16.1. The van der Waals surface area contributed by atoms with Gasteiger partial charge in [-0.05, 0) is 28.4 Å². The second-order valence-corrected chi connectivity index (χ2v) is 5.77. The van der Waals surface area contributed by atoms with Crippen molar-refractivity contribution < 1.29 is 4.79 Å². The lowest BCUT2D eigenvalue weighted by Gasteiger charge is -2.05. The number of fused-ring (bicyclic) bond motifs is 1. The van der Waals surface area contributed by atoms with Crippen molar-refractivity contribution in [2.45, 2.75) is 19.4 Å². The normalized spacial score (nSPS) is 10.3. The molecule has 23 heavy (non-hydrogen) atoms. The van der Waals surface area contributed by atoms with Crippen molar-refractivity contribution in [3.05, 3.63) is 58.7 Å². The summed E-state index contributed by atoms with van der Waals surface area (Å²) in [6.45, 7) is 0.801. The Morgan fingerprint density at radius 1 is 1.22 bits per heavy atom. The van der Waals surface area contributed by atoms with Crippen molar-refractivity contribution >= 4 is 33.1 Å². The topological polar surface area (TPSA) is 47.8 Å². The van der Waals surface area contributed by atoms with Gasteiger partial charge in [-0.2, -0.15) is 0 Å². The van der Waals surface area contributed by atoms with Gasteiger partial charge in [0.05, 0.1) is 15.7 Å². The van der Waals surface area contributed by atoms with E-state index >= 15 is 0 Å². The zero-order valence-electron chi connectivity index (χ0n) is 12.4. The molecule has 0 bridgehead atoms. The van der Waals surface area contributed by atoms with Gasteiger partial charge in [-0.15, -0.1) is 0 Å². The number of halogens is 1. The smallest absolute Gasteiger partial charge is 0.153 e. The molecule has 3 aromatic rings. The number of aromatic nitrogens is 3. The second-order valence-electron chi connectivity index (χ2n) is 5.02. The van der Waals surface area contributed by atoms with E-state index in [1.54, 1.807) is 12.4 Å². The molecule has 0 amide bonds. The number of benzene rings is 1. The summed E-state index contributed by atoms with van der Waals surface area (Å²) in [5, 5.41) is 0.974. The van der Waals surface area contributed by atoms with Crippen LogP contribution in [0.2, 0.25) is 0 Å². The summed E-state index contributed by atoms with van der Waals surface area (Å²) in [6, 6.07) is 7.92. The second kappa shape index (κ2) is 7.21. The van der Waals surface area contributed by atoms with Crippen molar-refractivity contribution in [2.75, 3.05) is 0 Å². The molecule has 0 atom stereocenters. The highest BCUT2D eigenvalue weighted by Crippen LogP contribution is 2.29. The molecular weight excluding hydrogens is 354 g/mol. The standard InChI is InChI=1S/C18H14BrN3O/c19-18-16(12-23)15-7-3-4-8-17(15)22(18)9-5-1-2-6-14-10-20-13-21-11-14/h3-4,7-8,10-13H,1,5,9H2. The van der Waals surface area contributed by atoms with Gasteiger partial charge in [-0.3, -0.25) is 4.79 Å². The lowest BCUT2D eigenvalue weighted by molar-refractivity contribution is 0.112. The van der Waals surface area contributed by atoms with Crippen LogP contribution in [0.25, 0.3) is 10.9 Å². The fraction of sp³-hybridized carbons (Fsp3) is 0.167. The molecule has 0 aliphatic carbocycles. The third kappa shape index (κ3) is 3.33. The van der Waals surface area contributed by atoms with Crippen LogP contribution in [-0.2, 0) is 6.54 Å². The summed E-state index contributed by atoms with van der Waals surface area (Å²) >= 11 is 3.54. The monoisotopic (exact) mass is 367 g/mol. The number of rotatable bonds is 4. The number of aryl methyl sites for hydroxylation is 1. The molecule has 0 radical (unpaired) electrons. The lowest BCUT2D eigenvalue weighted by atomic mass is 10.2. The minimum Gasteiger partial charge on any atom is -0.335 e. The van der Waals surface area contributed by atoms with Crippen LogP contribution in [0.1, 0.15) is 28.8 Å². The van der Waals surface area contributed by atoms with E-state index in [0.29, 0.717) is 5.56 Å². The zero-order valence-corrected chi connectivity index (χ0v) is 14.0. The van der Waals surface area contributed by atoms with Crippen molar-refractivity contribution in [3.8, 4) is 11.8 Å². The molecule has 2 heterocycles. The van der Waals surface area contributed by atoms with E-state index in [4.69, 9.17) is 0 Å². The first kappa shape index (κ1) is 15.4. The Kier molecular flexibility index (Phi) is 4.84. The Morgan fingerprint density at radius 3 is 2.78 bits per heavy atom. The van der Waals surface area contributed by atoms with Gasteiger partial charge in [0.1, 0.15) is 6.33 Å². The predicted octanol–water partition coefficient (Wildman–Crippen LogP) is 3.84. The van der Waals surface area contributed by atoms with E-state index in [9.17, 15) is 4.79 Å². The molecule has 2 aromatic heterocycles. The fourth-order valence-corrected chi connectivity index (χ4v) is 3.16. The molecule has 0 saturated carbocycles. The van der Waals surface area contributed by atoms with Crippen molar-refractivity contribution in [2.24, 2.45) is 0 Å². The maximum absolute atomic E-state index is 11.3. The Bertz CT molecular complexity index is 891. The summed E-state index contributed by atoms with van der Waals surface area (Å²) in [4.78, 5) is 19.2. The molecular formula is C18H14BrN3O. The molecule has 0 aliphatic rings. The van der Waals surface area contributed by atoms with Crippen LogP contribution >= 0.6 is 15.9 Å². The number of aldehydes is 1. The first-order chi connectivity index (χ1) is 11.3. The third-order valence-electron chi connectivity index (χ3n) is 3.54. The van der Waals surface area contributed by atoms with Gasteiger partial charge in [0.2, 0.25) is 0 Å². The van der Waals surface area contributed by atoms with E-state index in [2.05, 4.69) is 42.3 Å². The molecule has 114 valence electrons. The number of unbranched alkanes of at least 4 members (excludes halogenated alkanes) is 1. The van der Waals surface area contributed by atoms with Crippen LogP contribution in [0.5, 0.6) is 0 Å². The average Bonchev–Trinajstić information content (AvgIpc) is 2.87. The van der Waals surface area contributed by atoms with E-state index in [1.165, 1.54) is 6.33 Å². The Labute approximate surface area is 142 Å². The molecule has 0 aliphatic heterocycles. The van der Waals surface area contributed by atoms with E-state index < -0.39 is 0 Å². The summed E-state index contributed by atoms with van der Waals surface area (Å²) in [6.07, 6.45) is 7.46. The molecule has 4 nitrogen and oxygen atoms in total. The molecule has 0 spiro atoms. The molecule has 0 saturated heterocycles. The summed E-state index contributed by atoms with van der Waals surface area (Å²) < 4.78 is 2.95. The molecule has 0 N–H and O–H groups in total. The first-order valence-corrected chi connectivity index (χ1v) is 8.06. The average molecular weight is 368 g/mol. The number of nitrogens with zero attached hydrogens (tertiary/aromatic N) is 3. The Hall–Kier alpha value is -2.45. The number of hydrogen-bond donors (Lipinski definition) is 0. The predicted molar refractivity (Wildman–Crippen MR) is 93.2 cm³/mol. The van der Waals surface area contributed by atoms with Crippen molar-refractivity contribution in [1.29, 1.82) is 0 Å². The third-order valence-corrected chi connectivity index (χ3v) is 4.39. The van der Waals surface area contributed by atoms with Gasteiger partial charge in [0.15, 0.2) is 6.29 Å². The van der Waals surface area contributed by atoms with Crippen LogP contribution in [0.3, 0.4) is 0 Å². The molecule has 0 fully saturated rings.